The lowest BCUT2D eigenvalue weighted by atomic mass is 10.0. The van der Waals surface area contributed by atoms with Crippen molar-refractivity contribution in [3.05, 3.63) is 29.8 Å². The fourth-order valence-corrected chi connectivity index (χ4v) is 2.15. The van der Waals surface area contributed by atoms with Crippen LogP contribution in [-0.2, 0) is 4.79 Å². The number of carbonyl (C=O) groups is 1. The largest absolute Gasteiger partial charge is 0.478 e. The highest BCUT2D eigenvalue weighted by atomic mass is 16.5. The summed E-state index contributed by atoms with van der Waals surface area (Å²) in [7, 11) is 1.91. The van der Waals surface area contributed by atoms with Gasteiger partial charge in [-0.2, -0.15) is 0 Å². The number of carboxylic acid groups (broad SMARTS) is 1. The maximum absolute atomic E-state index is 11.4. The zero-order valence-electron chi connectivity index (χ0n) is 10.1. The van der Waals surface area contributed by atoms with Crippen molar-refractivity contribution in [2.75, 3.05) is 20.1 Å². The van der Waals surface area contributed by atoms with Crippen LogP contribution in [0.2, 0.25) is 0 Å². The van der Waals surface area contributed by atoms with E-state index in [2.05, 4.69) is 0 Å². The van der Waals surface area contributed by atoms with E-state index in [-0.39, 0.29) is 0 Å². The first-order valence-electron chi connectivity index (χ1n) is 5.70. The van der Waals surface area contributed by atoms with Crippen molar-refractivity contribution in [2.45, 2.75) is 18.9 Å². The Kier molecular flexibility index (Phi) is 3.07. The molecule has 1 aliphatic heterocycles. The topological polar surface area (TPSA) is 49.8 Å². The maximum atomic E-state index is 11.4. The number of rotatable bonds is 3. The Morgan fingerprint density at radius 2 is 2.18 bits per heavy atom. The van der Waals surface area contributed by atoms with Gasteiger partial charge in [-0.25, -0.2) is 4.79 Å². The van der Waals surface area contributed by atoms with Gasteiger partial charge in [-0.1, -0.05) is 18.2 Å². The number of aryl methyl sites for hydroxylation is 1. The molecular weight excluding hydrogens is 218 g/mol. The molecule has 92 valence electrons. The number of aliphatic carboxylic acids is 1. The van der Waals surface area contributed by atoms with Gasteiger partial charge in [0.25, 0.3) is 0 Å². The molecule has 1 aliphatic rings. The molecule has 1 unspecified atom stereocenters. The van der Waals surface area contributed by atoms with Crippen molar-refractivity contribution in [1.82, 2.24) is 4.90 Å². The summed E-state index contributed by atoms with van der Waals surface area (Å²) in [5.41, 5.74) is -0.136. The van der Waals surface area contributed by atoms with E-state index >= 15 is 0 Å². The van der Waals surface area contributed by atoms with Crippen LogP contribution in [0.4, 0.5) is 0 Å². The van der Waals surface area contributed by atoms with Crippen molar-refractivity contribution in [3.8, 4) is 5.75 Å². The second-order valence-corrected chi connectivity index (χ2v) is 4.65. The Balaban J connectivity index is 2.26. The van der Waals surface area contributed by atoms with E-state index in [0.29, 0.717) is 18.7 Å². The molecule has 0 radical (unpaired) electrons. The Morgan fingerprint density at radius 1 is 1.47 bits per heavy atom. The van der Waals surface area contributed by atoms with Gasteiger partial charge in [0.1, 0.15) is 5.75 Å². The molecule has 1 saturated heterocycles. The number of likely N-dealkylation sites (N-methyl/N-ethyl adjacent to an activating group) is 1. The Bertz CT molecular complexity index is 432. The van der Waals surface area contributed by atoms with Gasteiger partial charge in [0, 0.05) is 19.5 Å². The van der Waals surface area contributed by atoms with Crippen LogP contribution in [-0.4, -0.2) is 41.7 Å². The van der Waals surface area contributed by atoms with E-state index in [4.69, 9.17) is 4.74 Å². The normalized spacial score (nSPS) is 24.8. The molecule has 1 fully saturated rings. The third-order valence-electron chi connectivity index (χ3n) is 3.21. The predicted octanol–water partition coefficient (Wildman–Crippen LogP) is 1.53. The third kappa shape index (κ3) is 2.26. The maximum Gasteiger partial charge on any atom is 0.349 e. The average Bonchev–Trinajstić information content (AvgIpc) is 2.65. The first-order chi connectivity index (χ1) is 8.03. The lowest BCUT2D eigenvalue weighted by molar-refractivity contribution is -0.154. The number of nitrogens with zero attached hydrogens (tertiary/aromatic N) is 1. The van der Waals surface area contributed by atoms with Crippen LogP contribution in [0.25, 0.3) is 0 Å². The second-order valence-electron chi connectivity index (χ2n) is 4.65. The molecule has 1 heterocycles. The van der Waals surface area contributed by atoms with Crippen molar-refractivity contribution >= 4 is 5.97 Å². The third-order valence-corrected chi connectivity index (χ3v) is 3.21. The Labute approximate surface area is 101 Å². The highest BCUT2D eigenvalue weighted by Crippen LogP contribution is 2.29. The van der Waals surface area contributed by atoms with E-state index in [9.17, 15) is 9.90 Å². The fraction of sp³-hybridized carbons (Fsp3) is 0.462. The van der Waals surface area contributed by atoms with Gasteiger partial charge in [0.2, 0.25) is 5.60 Å². The standard InChI is InChI=1S/C13H17NO3/c1-10-5-3-4-6-11(10)17-13(12(15)16)7-8-14(2)9-13/h3-6H,7-9H2,1-2H3,(H,15,16). The molecular formula is C13H17NO3. The van der Waals surface area contributed by atoms with Crippen molar-refractivity contribution in [3.63, 3.8) is 0 Å². The van der Waals surface area contributed by atoms with E-state index in [1.54, 1.807) is 0 Å². The lowest BCUT2D eigenvalue weighted by Crippen LogP contribution is -2.46. The lowest BCUT2D eigenvalue weighted by Gasteiger charge is -2.26. The monoisotopic (exact) mass is 235 g/mol. The number of ether oxygens (including phenoxy) is 1. The molecule has 0 aromatic heterocycles. The first kappa shape index (κ1) is 11.9. The summed E-state index contributed by atoms with van der Waals surface area (Å²) in [6, 6.07) is 7.51. The summed E-state index contributed by atoms with van der Waals surface area (Å²) in [6.07, 6.45) is 0.521. The van der Waals surface area contributed by atoms with Gasteiger partial charge >= 0.3 is 5.97 Å². The molecule has 0 bridgehead atoms. The molecule has 2 rings (SSSR count). The summed E-state index contributed by atoms with van der Waals surface area (Å²) >= 11 is 0. The molecule has 0 saturated carbocycles. The Morgan fingerprint density at radius 3 is 2.71 bits per heavy atom. The predicted molar refractivity (Wildman–Crippen MR) is 64.3 cm³/mol. The molecule has 1 aromatic carbocycles. The van der Waals surface area contributed by atoms with Crippen LogP contribution < -0.4 is 4.74 Å². The van der Waals surface area contributed by atoms with E-state index in [1.807, 2.05) is 43.1 Å². The van der Waals surface area contributed by atoms with Crippen molar-refractivity contribution in [2.24, 2.45) is 0 Å². The summed E-state index contributed by atoms with van der Waals surface area (Å²) in [6.45, 7) is 3.10. The second kappa shape index (κ2) is 4.37. The Hall–Kier alpha value is -1.55. The smallest absolute Gasteiger partial charge is 0.349 e. The zero-order valence-corrected chi connectivity index (χ0v) is 10.1. The first-order valence-corrected chi connectivity index (χ1v) is 5.70. The van der Waals surface area contributed by atoms with Crippen LogP contribution >= 0.6 is 0 Å². The minimum absolute atomic E-state index is 0.427. The molecule has 17 heavy (non-hydrogen) atoms. The number of hydrogen-bond donors (Lipinski definition) is 1. The molecule has 4 heteroatoms. The summed E-state index contributed by atoms with van der Waals surface area (Å²) in [4.78, 5) is 13.4. The number of benzene rings is 1. The molecule has 1 N–H and O–H groups in total. The van der Waals surface area contributed by atoms with E-state index < -0.39 is 11.6 Å². The highest BCUT2D eigenvalue weighted by Gasteiger charge is 2.46. The quantitative estimate of drug-likeness (QED) is 0.863. The molecule has 0 aliphatic carbocycles. The van der Waals surface area contributed by atoms with Gasteiger partial charge in [-0.15, -0.1) is 0 Å². The molecule has 1 atom stereocenters. The SMILES string of the molecule is Cc1ccccc1OC1(C(=O)O)CCN(C)C1. The van der Waals surface area contributed by atoms with Crippen LogP contribution in [0.5, 0.6) is 5.75 Å². The average molecular weight is 235 g/mol. The van der Waals surface area contributed by atoms with Crippen LogP contribution in [0.3, 0.4) is 0 Å². The number of carboxylic acids is 1. The number of para-hydroxylation sites is 1. The van der Waals surface area contributed by atoms with E-state index in [0.717, 1.165) is 12.1 Å². The number of likely N-dealkylation sites (tertiary alicyclic amines) is 1. The van der Waals surface area contributed by atoms with Crippen LogP contribution in [0, 0.1) is 6.92 Å². The highest BCUT2D eigenvalue weighted by molar-refractivity contribution is 5.79. The van der Waals surface area contributed by atoms with Gasteiger partial charge in [-0.3, -0.25) is 0 Å². The fourth-order valence-electron chi connectivity index (χ4n) is 2.15. The summed E-state index contributed by atoms with van der Waals surface area (Å²) < 4.78 is 5.78. The summed E-state index contributed by atoms with van der Waals surface area (Å²) in [5, 5.41) is 9.38. The summed E-state index contributed by atoms with van der Waals surface area (Å²) in [5.74, 6) is -0.227. The minimum atomic E-state index is -1.10. The van der Waals surface area contributed by atoms with Crippen LogP contribution in [0.15, 0.2) is 24.3 Å². The minimum Gasteiger partial charge on any atom is -0.478 e. The molecule has 0 amide bonds. The van der Waals surface area contributed by atoms with Gasteiger partial charge < -0.3 is 14.7 Å². The van der Waals surface area contributed by atoms with Crippen molar-refractivity contribution in [1.29, 1.82) is 0 Å². The molecule has 1 aromatic rings. The zero-order chi connectivity index (χ0) is 12.5. The molecule has 0 spiro atoms. The van der Waals surface area contributed by atoms with E-state index in [1.165, 1.54) is 0 Å². The van der Waals surface area contributed by atoms with Crippen LogP contribution in [0.1, 0.15) is 12.0 Å². The van der Waals surface area contributed by atoms with Gasteiger partial charge in [-0.05, 0) is 25.6 Å². The van der Waals surface area contributed by atoms with Gasteiger partial charge in [0.05, 0.1) is 0 Å². The van der Waals surface area contributed by atoms with Crippen molar-refractivity contribution < 1.29 is 14.6 Å². The number of hydrogen-bond acceptors (Lipinski definition) is 3. The van der Waals surface area contributed by atoms with Gasteiger partial charge in [0.15, 0.2) is 0 Å². The molecule has 4 nitrogen and oxygen atoms in total.